The normalized spacial score (nSPS) is 11.4. The van der Waals surface area contributed by atoms with Crippen LogP contribution in [0.5, 0.6) is 0 Å². The highest BCUT2D eigenvalue weighted by molar-refractivity contribution is 7.92. The van der Waals surface area contributed by atoms with Crippen LogP contribution in [0, 0.1) is 0 Å². The quantitative estimate of drug-likeness (QED) is 0.695. The molecule has 3 rings (SSSR count). The van der Waals surface area contributed by atoms with Gasteiger partial charge in [0.25, 0.3) is 0 Å². The van der Waals surface area contributed by atoms with E-state index in [0.717, 1.165) is 16.5 Å². The van der Waals surface area contributed by atoms with Crippen molar-refractivity contribution in [3.63, 3.8) is 0 Å². The van der Waals surface area contributed by atoms with E-state index in [1.54, 1.807) is 6.07 Å². The molecule has 0 atom stereocenters. The number of anilines is 1. The zero-order valence-electron chi connectivity index (χ0n) is 14.3. The van der Waals surface area contributed by atoms with Gasteiger partial charge in [-0.3, -0.25) is 9.78 Å². The fourth-order valence-corrected chi connectivity index (χ4v) is 3.95. The standard InChI is InChI=1S/C20H20N2O3S/c23-20(22-18-13-17-10-4-5-11-19(17)21-14-18)15-26(24,25)12-6-9-16-7-2-1-3-8-16/h1-5,7-8,10-11,13-14H,6,9,12,15H2,(H,22,23). The van der Waals surface area contributed by atoms with Crippen molar-refractivity contribution >= 4 is 32.3 Å². The Kier molecular flexibility index (Phi) is 5.63. The van der Waals surface area contributed by atoms with Crippen molar-refractivity contribution in [2.24, 2.45) is 0 Å². The first-order valence-corrected chi connectivity index (χ1v) is 10.2. The largest absolute Gasteiger partial charge is 0.324 e. The zero-order chi connectivity index (χ0) is 18.4. The van der Waals surface area contributed by atoms with Crippen LogP contribution in [0.1, 0.15) is 12.0 Å². The van der Waals surface area contributed by atoms with E-state index in [1.807, 2.05) is 54.6 Å². The monoisotopic (exact) mass is 368 g/mol. The molecule has 0 saturated carbocycles. The second-order valence-electron chi connectivity index (χ2n) is 6.15. The van der Waals surface area contributed by atoms with Crippen molar-refractivity contribution in [2.45, 2.75) is 12.8 Å². The summed E-state index contributed by atoms with van der Waals surface area (Å²) in [4.78, 5) is 16.3. The summed E-state index contributed by atoms with van der Waals surface area (Å²) in [6.07, 6.45) is 2.70. The van der Waals surface area contributed by atoms with E-state index in [2.05, 4.69) is 10.3 Å². The van der Waals surface area contributed by atoms with Crippen molar-refractivity contribution in [3.05, 3.63) is 72.4 Å². The van der Waals surface area contributed by atoms with Crippen LogP contribution >= 0.6 is 0 Å². The van der Waals surface area contributed by atoms with E-state index in [0.29, 0.717) is 18.5 Å². The van der Waals surface area contributed by atoms with E-state index in [9.17, 15) is 13.2 Å². The molecule has 0 spiro atoms. The first-order valence-electron chi connectivity index (χ1n) is 8.41. The van der Waals surface area contributed by atoms with E-state index in [1.165, 1.54) is 6.20 Å². The average Bonchev–Trinajstić information content (AvgIpc) is 2.62. The number of hydrogen-bond acceptors (Lipinski definition) is 4. The molecular formula is C20H20N2O3S. The number of fused-ring (bicyclic) bond motifs is 1. The van der Waals surface area contributed by atoms with Gasteiger partial charge in [0.15, 0.2) is 9.84 Å². The fourth-order valence-electron chi connectivity index (χ4n) is 2.75. The van der Waals surface area contributed by atoms with Crippen LogP contribution in [-0.4, -0.2) is 30.8 Å². The van der Waals surface area contributed by atoms with Gasteiger partial charge in [0.2, 0.25) is 5.91 Å². The second kappa shape index (κ2) is 8.10. The average molecular weight is 368 g/mol. The summed E-state index contributed by atoms with van der Waals surface area (Å²) in [5, 5.41) is 3.50. The molecule has 0 aliphatic carbocycles. The van der Waals surface area contributed by atoms with Crippen LogP contribution in [0.15, 0.2) is 66.9 Å². The molecule has 5 nitrogen and oxygen atoms in total. The lowest BCUT2D eigenvalue weighted by molar-refractivity contribution is -0.113. The highest BCUT2D eigenvalue weighted by atomic mass is 32.2. The third kappa shape index (κ3) is 5.13. The number of nitrogens with zero attached hydrogens (tertiary/aromatic N) is 1. The summed E-state index contributed by atoms with van der Waals surface area (Å²) in [6, 6.07) is 19.0. The smallest absolute Gasteiger partial charge is 0.239 e. The molecule has 1 N–H and O–H groups in total. The summed E-state index contributed by atoms with van der Waals surface area (Å²) in [6.45, 7) is 0. The third-order valence-electron chi connectivity index (χ3n) is 3.99. The second-order valence-corrected chi connectivity index (χ2v) is 8.33. The molecule has 134 valence electrons. The molecule has 0 saturated heterocycles. The predicted octanol–water partition coefficient (Wildman–Crippen LogP) is 3.22. The maximum absolute atomic E-state index is 12.2. The van der Waals surface area contributed by atoms with Gasteiger partial charge in [-0.05, 0) is 30.5 Å². The van der Waals surface area contributed by atoms with Crippen molar-refractivity contribution in [2.75, 3.05) is 16.8 Å². The maximum atomic E-state index is 12.2. The number of carbonyl (C=O) groups is 1. The van der Waals surface area contributed by atoms with Crippen LogP contribution in [0.3, 0.4) is 0 Å². The number of aryl methyl sites for hydroxylation is 1. The number of sulfone groups is 1. The molecule has 2 aromatic carbocycles. The molecule has 0 aliphatic heterocycles. The van der Waals surface area contributed by atoms with E-state index in [4.69, 9.17) is 0 Å². The van der Waals surface area contributed by atoms with Crippen molar-refractivity contribution in [3.8, 4) is 0 Å². The first kappa shape index (κ1) is 18.1. The van der Waals surface area contributed by atoms with Gasteiger partial charge < -0.3 is 5.32 Å². The SMILES string of the molecule is O=C(CS(=O)(=O)CCCc1ccccc1)Nc1cnc2ccccc2c1. The number of amides is 1. The van der Waals surface area contributed by atoms with Crippen LogP contribution in [0.25, 0.3) is 10.9 Å². The Balaban J connectivity index is 1.54. The summed E-state index contributed by atoms with van der Waals surface area (Å²) in [5.74, 6) is -1.07. The van der Waals surface area contributed by atoms with Crippen molar-refractivity contribution < 1.29 is 13.2 Å². The number of benzene rings is 2. The van der Waals surface area contributed by atoms with Gasteiger partial charge in [0.1, 0.15) is 5.75 Å². The summed E-state index contributed by atoms with van der Waals surface area (Å²) >= 11 is 0. The van der Waals surface area contributed by atoms with Gasteiger partial charge in [-0.25, -0.2) is 8.42 Å². The molecule has 1 aromatic heterocycles. The minimum atomic E-state index is -3.45. The number of aromatic nitrogens is 1. The molecule has 0 bridgehead atoms. The van der Waals surface area contributed by atoms with E-state index >= 15 is 0 Å². The molecule has 0 fully saturated rings. The van der Waals surface area contributed by atoms with E-state index < -0.39 is 21.5 Å². The molecule has 1 heterocycles. The van der Waals surface area contributed by atoms with Gasteiger partial charge in [0, 0.05) is 5.39 Å². The molecular weight excluding hydrogens is 348 g/mol. The van der Waals surface area contributed by atoms with Crippen LogP contribution in [0.2, 0.25) is 0 Å². The van der Waals surface area contributed by atoms with Gasteiger partial charge in [-0.15, -0.1) is 0 Å². The number of para-hydroxylation sites is 1. The Morgan fingerprint density at radius 2 is 1.73 bits per heavy atom. The summed E-state index contributed by atoms with van der Waals surface area (Å²) < 4.78 is 24.3. The third-order valence-corrected chi connectivity index (χ3v) is 5.60. The molecule has 0 aliphatic rings. The van der Waals surface area contributed by atoms with E-state index in [-0.39, 0.29) is 5.75 Å². The topological polar surface area (TPSA) is 76.1 Å². The van der Waals surface area contributed by atoms with Crippen molar-refractivity contribution in [1.29, 1.82) is 0 Å². The number of pyridine rings is 1. The highest BCUT2D eigenvalue weighted by Gasteiger charge is 2.17. The lowest BCUT2D eigenvalue weighted by atomic mass is 10.1. The molecule has 26 heavy (non-hydrogen) atoms. The first-order chi connectivity index (χ1) is 12.5. The molecule has 1 amide bonds. The van der Waals surface area contributed by atoms with Gasteiger partial charge in [-0.2, -0.15) is 0 Å². The fraction of sp³-hybridized carbons (Fsp3) is 0.200. The number of hydrogen-bond donors (Lipinski definition) is 1. The number of carbonyl (C=O) groups excluding carboxylic acids is 1. The Hall–Kier alpha value is -2.73. The van der Waals surface area contributed by atoms with Gasteiger partial charge >= 0.3 is 0 Å². The summed E-state index contributed by atoms with van der Waals surface area (Å²) in [7, 11) is -3.45. The maximum Gasteiger partial charge on any atom is 0.239 e. The number of rotatable bonds is 7. The van der Waals surface area contributed by atoms with Crippen molar-refractivity contribution in [1.82, 2.24) is 4.98 Å². The predicted molar refractivity (Wildman–Crippen MR) is 104 cm³/mol. The lowest BCUT2D eigenvalue weighted by Crippen LogP contribution is -2.25. The lowest BCUT2D eigenvalue weighted by Gasteiger charge is -2.07. The molecule has 3 aromatic rings. The minimum Gasteiger partial charge on any atom is -0.324 e. The summed E-state index contributed by atoms with van der Waals surface area (Å²) in [5.41, 5.74) is 2.40. The highest BCUT2D eigenvalue weighted by Crippen LogP contribution is 2.16. The molecule has 6 heteroatoms. The minimum absolute atomic E-state index is 0.00865. The number of nitrogens with one attached hydrogen (secondary N) is 1. The Morgan fingerprint density at radius 1 is 1.00 bits per heavy atom. The zero-order valence-corrected chi connectivity index (χ0v) is 15.1. The Labute approximate surface area is 153 Å². The van der Waals surface area contributed by atoms with Crippen LogP contribution in [0.4, 0.5) is 5.69 Å². The van der Waals surface area contributed by atoms with Gasteiger partial charge in [0.05, 0.1) is 23.2 Å². The van der Waals surface area contributed by atoms with Gasteiger partial charge in [-0.1, -0.05) is 48.5 Å². The molecule has 0 radical (unpaired) electrons. The van der Waals surface area contributed by atoms with Crippen LogP contribution < -0.4 is 5.32 Å². The molecule has 0 unspecified atom stereocenters. The Bertz CT molecular complexity index is 1000. The Morgan fingerprint density at radius 3 is 2.54 bits per heavy atom. The van der Waals surface area contributed by atoms with Crippen LogP contribution in [-0.2, 0) is 21.1 Å².